The predicted octanol–water partition coefficient (Wildman–Crippen LogP) is 1.33. The van der Waals surface area contributed by atoms with Crippen LogP contribution in [0.2, 0.25) is 0 Å². The number of hydrogen-bond acceptors (Lipinski definition) is 2. The van der Waals surface area contributed by atoms with Crippen molar-refractivity contribution in [1.82, 2.24) is 5.32 Å². The van der Waals surface area contributed by atoms with Gasteiger partial charge in [0.2, 0.25) is 5.91 Å². The van der Waals surface area contributed by atoms with Crippen LogP contribution in [0.4, 0.5) is 0 Å². The Morgan fingerprint density at radius 2 is 2.47 bits per heavy atom. The zero-order chi connectivity index (χ0) is 11.3. The van der Waals surface area contributed by atoms with Gasteiger partial charge in [-0.25, -0.2) is 0 Å². The third-order valence-electron chi connectivity index (χ3n) is 2.66. The lowest BCUT2D eigenvalue weighted by molar-refractivity contribution is -0.125. The number of rotatable bonds is 4. The molecule has 3 atom stereocenters. The summed E-state index contributed by atoms with van der Waals surface area (Å²) in [4.78, 5) is 11.7. The van der Waals surface area contributed by atoms with E-state index >= 15 is 0 Å². The Balaban J connectivity index is 2.38. The highest BCUT2D eigenvalue weighted by Gasteiger charge is 2.28. The third kappa shape index (κ3) is 3.56. The maximum absolute atomic E-state index is 11.7. The molecule has 3 nitrogen and oxygen atoms in total. The van der Waals surface area contributed by atoms with Crippen LogP contribution in [-0.4, -0.2) is 24.7 Å². The maximum Gasteiger partial charge on any atom is 0.226 e. The molecule has 0 bridgehead atoms. The minimum Gasteiger partial charge on any atom is -0.378 e. The molecule has 0 aromatic carbocycles. The highest BCUT2D eigenvalue weighted by Crippen LogP contribution is 2.19. The zero-order valence-electron chi connectivity index (χ0n) is 9.45. The Morgan fingerprint density at radius 3 is 2.93 bits per heavy atom. The predicted molar refractivity (Wildman–Crippen MR) is 59.2 cm³/mol. The molecule has 0 radical (unpaired) electrons. The largest absolute Gasteiger partial charge is 0.378 e. The summed E-state index contributed by atoms with van der Waals surface area (Å²) in [6.45, 7) is 4.56. The molecule has 1 heterocycles. The minimum absolute atomic E-state index is 0.0206. The average molecular weight is 209 g/mol. The second-order valence-corrected chi connectivity index (χ2v) is 4.09. The van der Waals surface area contributed by atoms with E-state index in [-0.39, 0.29) is 24.0 Å². The number of carbonyl (C=O) groups excluding carboxylic acids is 1. The van der Waals surface area contributed by atoms with Crippen molar-refractivity contribution < 1.29 is 9.53 Å². The van der Waals surface area contributed by atoms with Crippen LogP contribution >= 0.6 is 0 Å². The van der Waals surface area contributed by atoms with Gasteiger partial charge in [0.25, 0.3) is 0 Å². The summed E-state index contributed by atoms with van der Waals surface area (Å²) in [6, 6.07) is -0.126. The first-order valence-corrected chi connectivity index (χ1v) is 5.55. The summed E-state index contributed by atoms with van der Waals surface area (Å²) in [6.07, 6.45) is 8.15. The van der Waals surface area contributed by atoms with Crippen molar-refractivity contribution in [2.24, 2.45) is 5.92 Å². The molecule has 0 aromatic rings. The fraction of sp³-hybridized carbons (Fsp3) is 0.750. The standard InChI is InChI=1S/C12H19NO2/c1-4-6-11(5-2)13-12(14)10-7-9(3)15-8-10/h2,9-11H,4,6-8H2,1,3H3,(H,13,14). The van der Waals surface area contributed by atoms with Gasteiger partial charge in [-0.3, -0.25) is 4.79 Å². The number of hydrogen-bond donors (Lipinski definition) is 1. The first-order valence-electron chi connectivity index (χ1n) is 5.55. The SMILES string of the molecule is C#CC(CCC)NC(=O)C1COC(C)C1. The van der Waals surface area contributed by atoms with Crippen molar-refractivity contribution in [3.63, 3.8) is 0 Å². The summed E-state index contributed by atoms with van der Waals surface area (Å²) < 4.78 is 5.35. The maximum atomic E-state index is 11.7. The summed E-state index contributed by atoms with van der Waals surface area (Å²) in [5.74, 6) is 2.61. The molecule has 3 unspecified atom stereocenters. The second-order valence-electron chi connectivity index (χ2n) is 4.09. The molecule has 1 saturated heterocycles. The molecule has 0 saturated carbocycles. The summed E-state index contributed by atoms with van der Waals surface area (Å²) >= 11 is 0. The molecule has 1 amide bonds. The van der Waals surface area contributed by atoms with E-state index in [0.717, 1.165) is 19.3 Å². The average Bonchev–Trinajstić information content (AvgIpc) is 2.64. The first kappa shape index (κ1) is 12.1. The quantitative estimate of drug-likeness (QED) is 0.709. The molecule has 1 N–H and O–H groups in total. The Bertz CT molecular complexity index is 257. The van der Waals surface area contributed by atoms with Gasteiger partial charge in [0.1, 0.15) is 0 Å². The topological polar surface area (TPSA) is 38.3 Å². The third-order valence-corrected chi connectivity index (χ3v) is 2.66. The van der Waals surface area contributed by atoms with E-state index in [9.17, 15) is 4.79 Å². The van der Waals surface area contributed by atoms with Crippen LogP contribution in [0, 0.1) is 18.3 Å². The van der Waals surface area contributed by atoms with Gasteiger partial charge in [-0.1, -0.05) is 19.3 Å². The lowest BCUT2D eigenvalue weighted by Gasteiger charge is -2.14. The van der Waals surface area contributed by atoms with Crippen LogP contribution in [0.5, 0.6) is 0 Å². The monoisotopic (exact) mass is 209 g/mol. The highest BCUT2D eigenvalue weighted by molar-refractivity contribution is 5.79. The van der Waals surface area contributed by atoms with Crippen molar-refractivity contribution in [1.29, 1.82) is 0 Å². The minimum atomic E-state index is -0.126. The van der Waals surface area contributed by atoms with Gasteiger partial charge in [-0.15, -0.1) is 6.42 Å². The van der Waals surface area contributed by atoms with Crippen LogP contribution < -0.4 is 5.32 Å². The lowest BCUT2D eigenvalue weighted by atomic mass is 10.0. The molecule has 0 aliphatic carbocycles. The zero-order valence-corrected chi connectivity index (χ0v) is 9.45. The van der Waals surface area contributed by atoms with Crippen LogP contribution in [-0.2, 0) is 9.53 Å². The van der Waals surface area contributed by atoms with Gasteiger partial charge in [0, 0.05) is 0 Å². The van der Waals surface area contributed by atoms with Gasteiger partial charge in [0.15, 0.2) is 0 Å². The van der Waals surface area contributed by atoms with Crippen molar-refractivity contribution in [2.75, 3.05) is 6.61 Å². The summed E-state index contributed by atoms with van der Waals surface area (Å²) in [7, 11) is 0. The van der Waals surface area contributed by atoms with E-state index in [4.69, 9.17) is 11.2 Å². The number of terminal acetylenes is 1. The van der Waals surface area contributed by atoms with Gasteiger partial charge in [0.05, 0.1) is 24.7 Å². The normalized spacial score (nSPS) is 27.0. The molecule has 1 fully saturated rings. The molecule has 0 spiro atoms. The van der Waals surface area contributed by atoms with E-state index in [1.165, 1.54) is 0 Å². The van der Waals surface area contributed by atoms with E-state index < -0.39 is 0 Å². The van der Waals surface area contributed by atoms with Gasteiger partial charge in [-0.05, 0) is 19.8 Å². The van der Waals surface area contributed by atoms with Gasteiger partial charge >= 0.3 is 0 Å². The molecule has 1 rings (SSSR count). The van der Waals surface area contributed by atoms with Crippen LogP contribution in [0.15, 0.2) is 0 Å². The summed E-state index contributed by atoms with van der Waals surface area (Å²) in [5.41, 5.74) is 0. The van der Waals surface area contributed by atoms with Crippen molar-refractivity contribution in [2.45, 2.75) is 45.3 Å². The molecule has 15 heavy (non-hydrogen) atoms. The van der Waals surface area contributed by atoms with Gasteiger partial charge < -0.3 is 10.1 Å². The summed E-state index contributed by atoms with van der Waals surface area (Å²) in [5, 5.41) is 2.88. The number of amides is 1. The van der Waals surface area contributed by atoms with Crippen molar-refractivity contribution in [3.8, 4) is 12.3 Å². The van der Waals surface area contributed by atoms with Crippen molar-refractivity contribution >= 4 is 5.91 Å². The fourth-order valence-electron chi connectivity index (χ4n) is 1.78. The highest BCUT2D eigenvalue weighted by atomic mass is 16.5. The lowest BCUT2D eigenvalue weighted by Crippen LogP contribution is -2.38. The van der Waals surface area contributed by atoms with E-state index in [0.29, 0.717) is 6.61 Å². The number of nitrogens with one attached hydrogen (secondary N) is 1. The molecule has 3 heteroatoms. The van der Waals surface area contributed by atoms with E-state index in [1.807, 2.05) is 6.92 Å². The Labute approximate surface area is 91.6 Å². The Morgan fingerprint density at radius 1 is 1.73 bits per heavy atom. The Kier molecular flexibility index (Phi) is 4.64. The second kappa shape index (κ2) is 5.77. The van der Waals surface area contributed by atoms with Crippen LogP contribution in [0.1, 0.15) is 33.1 Å². The first-order chi connectivity index (χ1) is 7.17. The molecule has 1 aliphatic heterocycles. The molecule has 1 aliphatic rings. The van der Waals surface area contributed by atoms with Crippen LogP contribution in [0.25, 0.3) is 0 Å². The molecule has 0 aromatic heterocycles. The number of ether oxygens (including phenoxy) is 1. The smallest absolute Gasteiger partial charge is 0.226 e. The van der Waals surface area contributed by atoms with Crippen molar-refractivity contribution in [3.05, 3.63) is 0 Å². The van der Waals surface area contributed by atoms with E-state index in [1.54, 1.807) is 0 Å². The molecular formula is C12H19NO2. The number of carbonyl (C=O) groups is 1. The van der Waals surface area contributed by atoms with Crippen LogP contribution in [0.3, 0.4) is 0 Å². The Hall–Kier alpha value is -1.01. The van der Waals surface area contributed by atoms with E-state index in [2.05, 4.69) is 18.2 Å². The molecule has 84 valence electrons. The fourth-order valence-corrected chi connectivity index (χ4v) is 1.78. The van der Waals surface area contributed by atoms with Gasteiger partial charge in [-0.2, -0.15) is 0 Å². The molecular weight excluding hydrogens is 190 g/mol.